The summed E-state index contributed by atoms with van der Waals surface area (Å²) in [6.45, 7) is 1.71. The molecule has 0 aliphatic carbocycles. The Hall–Kier alpha value is -4.94. The number of nitro groups is 1. The minimum absolute atomic E-state index is 0.0906. The molecule has 35 heavy (non-hydrogen) atoms. The van der Waals surface area contributed by atoms with Crippen LogP contribution in [0.15, 0.2) is 60.1 Å². The lowest BCUT2D eigenvalue weighted by Gasteiger charge is -2.27. The summed E-state index contributed by atoms with van der Waals surface area (Å²) >= 11 is 0. The zero-order valence-electron chi connectivity index (χ0n) is 18.8. The van der Waals surface area contributed by atoms with Crippen LogP contribution in [0.5, 0.6) is 0 Å². The molecular weight excluding hydrogens is 458 g/mol. The molecule has 0 saturated heterocycles. The molecule has 2 amide bonds. The van der Waals surface area contributed by atoms with E-state index in [1.165, 1.54) is 18.2 Å². The van der Waals surface area contributed by atoms with Gasteiger partial charge in [-0.25, -0.2) is 14.8 Å². The van der Waals surface area contributed by atoms with Crippen molar-refractivity contribution >= 4 is 34.4 Å². The molecule has 2 aromatic carbocycles. The summed E-state index contributed by atoms with van der Waals surface area (Å²) < 4.78 is 4.89. The first-order valence-electron chi connectivity index (χ1n) is 10.2. The van der Waals surface area contributed by atoms with Crippen LogP contribution in [0.25, 0.3) is 11.0 Å². The van der Waals surface area contributed by atoms with Crippen molar-refractivity contribution in [2.75, 3.05) is 12.4 Å². The predicted molar refractivity (Wildman–Crippen MR) is 123 cm³/mol. The van der Waals surface area contributed by atoms with Gasteiger partial charge in [0.05, 0.1) is 40.2 Å². The third-order valence-electron chi connectivity index (χ3n) is 4.95. The summed E-state index contributed by atoms with van der Waals surface area (Å²) in [5.74, 6) is -2.93. The molecule has 0 saturated carbocycles. The van der Waals surface area contributed by atoms with Gasteiger partial charge in [-0.05, 0) is 31.0 Å². The second-order valence-electron chi connectivity index (χ2n) is 7.31. The van der Waals surface area contributed by atoms with Gasteiger partial charge in [0.15, 0.2) is 0 Å². The highest BCUT2D eigenvalue weighted by Gasteiger charge is 2.28. The SMILES string of the molecule is COC(=O)C(Cc1nc2ccccc2nc1C)C(NNC(N)=O)=C([O-])Nc1cccc([N+](=O)[O-])c1. The highest BCUT2D eigenvalue weighted by molar-refractivity contribution is 5.78. The second kappa shape index (κ2) is 10.8. The van der Waals surface area contributed by atoms with Crippen LogP contribution in [0.4, 0.5) is 16.2 Å². The number of carbonyl (C=O) groups is 2. The molecule has 1 heterocycles. The number of primary amides is 1. The Morgan fingerprint density at radius 3 is 2.43 bits per heavy atom. The Kier molecular flexibility index (Phi) is 7.61. The predicted octanol–water partition coefficient (Wildman–Crippen LogP) is 0.993. The maximum Gasteiger partial charge on any atom is 0.330 e. The number of carbonyl (C=O) groups excluding carboxylic acids is 2. The molecule has 0 aliphatic heterocycles. The number of nitrogens with zero attached hydrogens (tertiary/aromatic N) is 3. The van der Waals surface area contributed by atoms with Crippen LogP contribution >= 0.6 is 0 Å². The number of methoxy groups -OCH3 is 1. The van der Waals surface area contributed by atoms with Crippen molar-refractivity contribution in [3.8, 4) is 0 Å². The first kappa shape index (κ1) is 24.7. The minimum atomic E-state index is -1.26. The van der Waals surface area contributed by atoms with Crippen LogP contribution < -0.4 is 27.0 Å². The smallest absolute Gasteiger partial charge is 0.330 e. The number of ether oxygens (including phenoxy) is 1. The molecule has 13 heteroatoms. The number of non-ortho nitro benzene ring substituents is 1. The lowest BCUT2D eigenvalue weighted by Crippen LogP contribution is -2.46. The Labute approximate surface area is 199 Å². The van der Waals surface area contributed by atoms with Gasteiger partial charge in [-0.15, -0.1) is 0 Å². The highest BCUT2D eigenvalue weighted by Crippen LogP contribution is 2.23. The molecule has 1 atom stereocenters. The number of rotatable bonds is 9. The molecule has 182 valence electrons. The van der Waals surface area contributed by atoms with Gasteiger partial charge < -0.3 is 20.9 Å². The third-order valence-corrected chi connectivity index (χ3v) is 4.95. The molecule has 0 bridgehead atoms. The van der Waals surface area contributed by atoms with Gasteiger partial charge >= 0.3 is 12.0 Å². The minimum Gasteiger partial charge on any atom is -0.859 e. The number of aromatic nitrogens is 2. The Balaban J connectivity index is 2.04. The number of fused-ring (bicyclic) bond motifs is 1. The molecule has 5 N–H and O–H groups in total. The number of nitrogens with one attached hydrogen (secondary N) is 3. The highest BCUT2D eigenvalue weighted by atomic mass is 16.6. The Morgan fingerprint density at radius 2 is 1.80 bits per heavy atom. The number of nitrogens with two attached hydrogens (primary N) is 1. The number of urea groups is 1. The summed E-state index contributed by atoms with van der Waals surface area (Å²) in [4.78, 5) is 43.5. The standard InChI is InChI=1S/C22H23N7O6/c1-12-18(26-17-9-4-3-8-16(17)24-12)11-15(21(31)35-2)19(27-28-22(23)32)20(30)25-13-6-5-7-14(10-13)29(33)34/h3-10,15,25,27,30H,11H2,1-2H3,(H3,23,28,32)/p-1. The van der Waals surface area contributed by atoms with Crippen LogP contribution in [0, 0.1) is 23.0 Å². The number of hydrogen-bond donors (Lipinski definition) is 4. The molecule has 0 aliphatic rings. The lowest BCUT2D eigenvalue weighted by atomic mass is 9.98. The largest absolute Gasteiger partial charge is 0.859 e. The van der Waals surface area contributed by atoms with Crippen LogP contribution in [-0.2, 0) is 16.0 Å². The van der Waals surface area contributed by atoms with Crippen molar-refractivity contribution in [2.24, 2.45) is 11.7 Å². The van der Waals surface area contributed by atoms with Crippen LogP contribution in [0.3, 0.4) is 0 Å². The molecule has 1 unspecified atom stereocenters. The average molecular weight is 480 g/mol. The molecule has 3 rings (SSSR count). The maximum atomic E-state index is 13.1. The summed E-state index contributed by atoms with van der Waals surface area (Å²) in [6, 6.07) is 11.3. The van der Waals surface area contributed by atoms with Gasteiger partial charge in [0.2, 0.25) is 0 Å². The fraction of sp³-hybridized carbons (Fsp3) is 0.182. The summed E-state index contributed by atoms with van der Waals surface area (Å²) in [6.07, 6.45) is -0.110. The van der Waals surface area contributed by atoms with Crippen LogP contribution in [0.2, 0.25) is 0 Å². The number of amides is 2. The van der Waals surface area contributed by atoms with E-state index < -0.39 is 28.7 Å². The summed E-state index contributed by atoms with van der Waals surface area (Å²) in [5, 5.41) is 26.7. The van der Waals surface area contributed by atoms with Crippen molar-refractivity contribution < 1.29 is 24.4 Å². The zero-order valence-corrected chi connectivity index (χ0v) is 18.8. The van der Waals surface area contributed by atoms with Gasteiger partial charge in [0, 0.05) is 24.2 Å². The fourth-order valence-electron chi connectivity index (χ4n) is 3.28. The number of aryl methyl sites for hydroxylation is 1. The Morgan fingerprint density at radius 1 is 1.11 bits per heavy atom. The van der Waals surface area contributed by atoms with E-state index >= 15 is 0 Å². The van der Waals surface area contributed by atoms with E-state index in [-0.39, 0.29) is 23.5 Å². The van der Waals surface area contributed by atoms with E-state index in [9.17, 15) is 24.8 Å². The molecule has 1 aromatic heterocycles. The van der Waals surface area contributed by atoms with Crippen molar-refractivity contribution in [1.29, 1.82) is 0 Å². The van der Waals surface area contributed by atoms with E-state index in [0.29, 0.717) is 22.4 Å². The van der Waals surface area contributed by atoms with E-state index in [1.807, 2.05) is 6.07 Å². The van der Waals surface area contributed by atoms with Gasteiger partial charge in [0.25, 0.3) is 5.69 Å². The molecule has 0 spiro atoms. The van der Waals surface area contributed by atoms with Crippen molar-refractivity contribution in [3.63, 3.8) is 0 Å². The number of hydrazine groups is 1. The Bertz CT molecular complexity index is 1310. The number of nitro benzene ring substituents is 1. The number of para-hydroxylation sites is 2. The number of hydrogen-bond acceptors (Lipinski definition) is 10. The van der Waals surface area contributed by atoms with E-state index in [2.05, 4.69) is 26.1 Å². The maximum absolute atomic E-state index is 13.1. The van der Waals surface area contributed by atoms with Crippen molar-refractivity contribution in [3.05, 3.63) is 81.6 Å². The topological polar surface area (TPSA) is 197 Å². The third kappa shape index (κ3) is 6.10. The zero-order chi connectivity index (χ0) is 25.5. The number of esters is 1. The van der Waals surface area contributed by atoms with Crippen LogP contribution in [0.1, 0.15) is 11.4 Å². The number of anilines is 1. The van der Waals surface area contributed by atoms with Crippen molar-refractivity contribution in [1.82, 2.24) is 20.8 Å². The molecule has 3 aromatic rings. The van der Waals surface area contributed by atoms with Crippen LogP contribution in [-0.4, -0.2) is 34.0 Å². The molecule has 0 radical (unpaired) electrons. The summed E-state index contributed by atoms with van der Waals surface area (Å²) in [5.41, 5.74) is 11.3. The average Bonchev–Trinajstić information content (AvgIpc) is 2.83. The van der Waals surface area contributed by atoms with Gasteiger partial charge in [-0.3, -0.25) is 25.8 Å². The first-order chi connectivity index (χ1) is 16.7. The van der Waals surface area contributed by atoms with Crippen molar-refractivity contribution in [2.45, 2.75) is 13.3 Å². The fourth-order valence-corrected chi connectivity index (χ4v) is 3.28. The summed E-state index contributed by atoms with van der Waals surface area (Å²) in [7, 11) is 1.14. The molecule has 13 nitrogen and oxygen atoms in total. The lowest BCUT2D eigenvalue weighted by molar-refractivity contribution is -0.384. The van der Waals surface area contributed by atoms with Gasteiger partial charge in [-0.2, -0.15) is 0 Å². The molecular formula is C22H22N7O6-. The number of benzene rings is 2. The quantitative estimate of drug-likeness (QED) is 0.148. The van der Waals surface area contributed by atoms with E-state index in [4.69, 9.17) is 10.5 Å². The van der Waals surface area contributed by atoms with Gasteiger partial charge in [0.1, 0.15) is 5.92 Å². The van der Waals surface area contributed by atoms with E-state index in [1.54, 1.807) is 25.1 Å². The second-order valence-corrected chi connectivity index (χ2v) is 7.31. The first-order valence-corrected chi connectivity index (χ1v) is 10.2. The normalized spacial score (nSPS) is 12.3. The monoisotopic (exact) mass is 480 g/mol. The van der Waals surface area contributed by atoms with Gasteiger partial charge in [-0.1, -0.05) is 18.2 Å². The van der Waals surface area contributed by atoms with E-state index in [0.717, 1.165) is 13.2 Å². The molecule has 0 fully saturated rings.